The molecule has 0 bridgehead atoms. The van der Waals surface area contributed by atoms with E-state index in [-0.39, 0.29) is 15.7 Å². The van der Waals surface area contributed by atoms with Crippen LogP contribution in [-0.2, 0) is 26.4 Å². The van der Waals surface area contributed by atoms with Crippen LogP contribution in [-0.4, -0.2) is 13.0 Å². The van der Waals surface area contributed by atoms with Gasteiger partial charge in [-0.15, -0.1) is 0 Å². The van der Waals surface area contributed by atoms with Gasteiger partial charge in [0.25, 0.3) is 10.1 Å². The summed E-state index contributed by atoms with van der Waals surface area (Å²) in [4.78, 5) is 0.0899. The van der Waals surface area contributed by atoms with Crippen molar-refractivity contribution in [1.29, 1.82) is 0 Å². The Kier molecular flexibility index (Phi) is 6.34. The molecule has 2 aromatic rings. The van der Waals surface area contributed by atoms with Crippen molar-refractivity contribution < 1.29 is 13.0 Å². The van der Waals surface area contributed by atoms with Crippen LogP contribution in [0.2, 0.25) is 0 Å². The fourth-order valence-corrected chi connectivity index (χ4v) is 5.32. The molecule has 0 radical (unpaired) electrons. The molecule has 0 amide bonds. The zero-order valence-corrected chi connectivity index (χ0v) is 20.4. The van der Waals surface area contributed by atoms with Crippen molar-refractivity contribution in [2.45, 2.75) is 103 Å². The lowest BCUT2D eigenvalue weighted by molar-refractivity contribution is 0.420. The predicted molar refractivity (Wildman–Crippen MR) is 124 cm³/mol. The molecule has 0 aliphatic carbocycles. The Bertz CT molecular complexity index is 1010. The largest absolute Gasteiger partial charge is 0.295 e. The molecule has 0 aliphatic rings. The van der Waals surface area contributed by atoms with E-state index in [4.69, 9.17) is 0 Å². The van der Waals surface area contributed by atoms with E-state index in [0.717, 1.165) is 35.8 Å². The van der Waals surface area contributed by atoms with Crippen LogP contribution >= 0.6 is 0 Å². The summed E-state index contributed by atoms with van der Waals surface area (Å²) in [5.74, 6) is 0. The third-order valence-electron chi connectivity index (χ3n) is 7.11. The maximum Gasteiger partial charge on any atom is 0.295 e. The first-order chi connectivity index (χ1) is 13.2. The van der Waals surface area contributed by atoms with E-state index in [9.17, 15) is 13.0 Å². The third-order valence-corrected chi connectivity index (χ3v) is 8.05. The molecule has 162 valence electrons. The van der Waals surface area contributed by atoms with Crippen molar-refractivity contribution in [3.63, 3.8) is 0 Å². The quantitative estimate of drug-likeness (QED) is 0.486. The molecular formula is C25H38O3S. The van der Waals surface area contributed by atoms with Crippen LogP contribution in [0.5, 0.6) is 0 Å². The number of hydrogen-bond donors (Lipinski definition) is 1. The zero-order valence-electron chi connectivity index (χ0n) is 19.6. The third kappa shape index (κ3) is 4.11. The lowest BCUT2D eigenvalue weighted by atomic mass is 9.64. The van der Waals surface area contributed by atoms with Crippen molar-refractivity contribution in [3.05, 3.63) is 41.0 Å². The van der Waals surface area contributed by atoms with E-state index < -0.39 is 15.5 Å². The van der Waals surface area contributed by atoms with Gasteiger partial charge in [0.2, 0.25) is 0 Å². The van der Waals surface area contributed by atoms with Gasteiger partial charge in [0, 0.05) is 5.39 Å². The highest BCUT2D eigenvalue weighted by molar-refractivity contribution is 7.86. The Morgan fingerprint density at radius 3 is 1.48 bits per heavy atom. The number of fused-ring (bicyclic) bond motifs is 1. The van der Waals surface area contributed by atoms with Gasteiger partial charge < -0.3 is 0 Å². The van der Waals surface area contributed by atoms with Gasteiger partial charge in [-0.1, -0.05) is 86.6 Å². The molecule has 0 spiro atoms. The van der Waals surface area contributed by atoms with Crippen LogP contribution in [0.4, 0.5) is 0 Å². The van der Waals surface area contributed by atoms with E-state index in [0.29, 0.717) is 5.39 Å². The average molecular weight is 419 g/mol. The molecule has 0 aromatic heterocycles. The van der Waals surface area contributed by atoms with Crippen LogP contribution in [0.3, 0.4) is 0 Å². The van der Waals surface area contributed by atoms with Gasteiger partial charge >= 0.3 is 0 Å². The first-order valence-corrected chi connectivity index (χ1v) is 12.2. The minimum absolute atomic E-state index is 0.0899. The molecule has 0 fully saturated rings. The SMILES string of the molecule is CCC(C)(C)c1c(C(C)(C)CC)c(S(=O)(=O)O)c2ccccc2c1C(C)(C)CC. The Morgan fingerprint density at radius 2 is 1.07 bits per heavy atom. The molecule has 1 N–H and O–H groups in total. The van der Waals surface area contributed by atoms with E-state index >= 15 is 0 Å². The molecule has 0 heterocycles. The van der Waals surface area contributed by atoms with E-state index in [1.807, 2.05) is 24.3 Å². The highest BCUT2D eigenvalue weighted by Crippen LogP contribution is 2.50. The molecule has 2 aromatic carbocycles. The lowest BCUT2D eigenvalue weighted by Gasteiger charge is -2.41. The van der Waals surface area contributed by atoms with Gasteiger partial charge in [0.05, 0.1) is 0 Å². The summed E-state index contributed by atoms with van der Waals surface area (Å²) in [5, 5.41) is 1.55. The van der Waals surface area contributed by atoms with Crippen molar-refractivity contribution in [3.8, 4) is 0 Å². The first kappa shape index (κ1) is 23.9. The number of rotatable bonds is 7. The molecular weight excluding hydrogens is 380 g/mol. The van der Waals surface area contributed by atoms with Crippen LogP contribution < -0.4 is 0 Å². The molecule has 0 atom stereocenters. The standard InChI is InChI=1S/C25H38O3S/c1-10-23(4,5)19-17-15-13-14-16-18(17)22(29(26,27)28)21(25(8,9)12-3)20(19)24(6,7)11-2/h13-16H,10-12H2,1-9H3,(H,26,27,28). The summed E-state index contributed by atoms with van der Waals surface area (Å²) >= 11 is 0. The van der Waals surface area contributed by atoms with E-state index in [2.05, 4.69) is 62.3 Å². The minimum Gasteiger partial charge on any atom is -0.282 e. The van der Waals surface area contributed by atoms with Gasteiger partial charge in [-0.05, 0) is 57.6 Å². The molecule has 0 saturated carbocycles. The van der Waals surface area contributed by atoms with Gasteiger partial charge in [0.1, 0.15) is 4.90 Å². The Balaban J connectivity index is 3.42. The van der Waals surface area contributed by atoms with Crippen LogP contribution in [0.1, 0.15) is 98.3 Å². The molecule has 0 aliphatic heterocycles. The maximum absolute atomic E-state index is 12.8. The summed E-state index contributed by atoms with van der Waals surface area (Å²) < 4.78 is 36.0. The normalized spacial score (nSPS) is 13.9. The Labute approximate surface area is 177 Å². The Morgan fingerprint density at radius 1 is 0.690 bits per heavy atom. The summed E-state index contributed by atoms with van der Waals surface area (Å²) in [6.07, 6.45) is 2.57. The number of benzene rings is 2. The molecule has 3 nitrogen and oxygen atoms in total. The highest BCUT2D eigenvalue weighted by atomic mass is 32.2. The molecule has 29 heavy (non-hydrogen) atoms. The molecule has 2 rings (SSSR count). The average Bonchev–Trinajstić information content (AvgIpc) is 2.64. The van der Waals surface area contributed by atoms with Crippen molar-refractivity contribution in [2.24, 2.45) is 0 Å². The highest BCUT2D eigenvalue weighted by Gasteiger charge is 2.41. The molecule has 0 saturated heterocycles. The summed E-state index contributed by atoms with van der Waals surface area (Å²) in [7, 11) is -4.41. The smallest absolute Gasteiger partial charge is 0.282 e. The minimum atomic E-state index is -4.41. The fraction of sp³-hybridized carbons (Fsp3) is 0.600. The fourth-order valence-electron chi connectivity index (χ4n) is 4.23. The summed E-state index contributed by atoms with van der Waals surface area (Å²) in [6.45, 7) is 19.4. The summed E-state index contributed by atoms with van der Waals surface area (Å²) in [6, 6.07) is 7.66. The van der Waals surface area contributed by atoms with Crippen LogP contribution in [0.15, 0.2) is 29.2 Å². The topological polar surface area (TPSA) is 54.4 Å². The second-order valence-corrected chi connectivity index (χ2v) is 11.5. The lowest BCUT2D eigenvalue weighted by Crippen LogP contribution is -2.33. The zero-order chi connectivity index (χ0) is 22.4. The van der Waals surface area contributed by atoms with E-state index in [1.54, 1.807) is 0 Å². The second-order valence-electron chi connectivity index (χ2n) is 10.2. The Hall–Kier alpha value is -1.39. The second kappa shape index (κ2) is 7.70. The van der Waals surface area contributed by atoms with E-state index in [1.165, 1.54) is 5.56 Å². The summed E-state index contributed by atoms with van der Waals surface area (Å²) in [5.41, 5.74) is 2.29. The molecule has 0 unspecified atom stereocenters. The molecule has 4 heteroatoms. The van der Waals surface area contributed by atoms with Crippen molar-refractivity contribution in [1.82, 2.24) is 0 Å². The van der Waals surface area contributed by atoms with Crippen molar-refractivity contribution >= 4 is 20.9 Å². The first-order valence-electron chi connectivity index (χ1n) is 10.7. The predicted octanol–water partition coefficient (Wildman–Crippen LogP) is 7.15. The number of hydrogen-bond acceptors (Lipinski definition) is 2. The van der Waals surface area contributed by atoms with Gasteiger partial charge in [-0.3, -0.25) is 4.55 Å². The van der Waals surface area contributed by atoms with Crippen LogP contribution in [0.25, 0.3) is 10.8 Å². The van der Waals surface area contributed by atoms with Gasteiger partial charge in [0.15, 0.2) is 0 Å². The van der Waals surface area contributed by atoms with Crippen molar-refractivity contribution in [2.75, 3.05) is 0 Å². The van der Waals surface area contributed by atoms with Crippen LogP contribution in [0, 0.1) is 0 Å². The van der Waals surface area contributed by atoms with Gasteiger partial charge in [-0.25, -0.2) is 0 Å². The van der Waals surface area contributed by atoms with Gasteiger partial charge in [-0.2, -0.15) is 8.42 Å². The maximum atomic E-state index is 12.8. The monoisotopic (exact) mass is 418 g/mol.